The van der Waals surface area contributed by atoms with Gasteiger partial charge in [-0.25, -0.2) is 5.43 Å². The minimum absolute atomic E-state index is 0.149. The molecule has 0 bridgehead atoms. The highest BCUT2D eigenvalue weighted by Crippen LogP contribution is 2.17. The number of carbonyl (C=O) groups excluding carboxylic acids is 1. The molecule has 5 nitrogen and oxygen atoms in total. The van der Waals surface area contributed by atoms with E-state index in [-0.39, 0.29) is 12.5 Å². The number of amides is 1. The molecule has 3 rings (SSSR count). The zero-order chi connectivity index (χ0) is 19.6. The van der Waals surface area contributed by atoms with Gasteiger partial charge in [-0.2, -0.15) is 5.10 Å². The fourth-order valence-electron chi connectivity index (χ4n) is 2.31. The van der Waals surface area contributed by atoms with Gasteiger partial charge in [-0.15, -0.1) is 0 Å². The van der Waals surface area contributed by atoms with E-state index in [4.69, 9.17) is 21.1 Å². The van der Waals surface area contributed by atoms with Crippen LogP contribution >= 0.6 is 11.6 Å². The second-order valence-electron chi connectivity index (χ2n) is 5.88. The molecular weight excluding hydrogens is 376 g/mol. The van der Waals surface area contributed by atoms with Gasteiger partial charge in [0.1, 0.15) is 18.1 Å². The van der Waals surface area contributed by atoms with Gasteiger partial charge >= 0.3 is 0 Å². The van der Waals surface area contributed by atoms with Gasteiger partial charge in [0.2, 0.25) is 0 Å². The molecule has 6 heteroatoms. The van der Waals surface area contributed by atoms with E-state index in [0.717, 1.165) is 16.9 Å². The summed E-state index contributed by atoms with van der Waals surface area (Å²) in [6.45, 7) is 0.362. The number of hydrogen-bond acceptors (Lipinski definition) is 4. The predicted octanol–water partition coefficient (Wildman–Crippen LogP) is 4.45. The van der Waals surface area contributed by atoms with Crippen LogP contribution in [0, 0.1) is 0 Å². The number of hydrogen-bond donors (Lipinski definition) is 1. The highest BCUT2D eigenvalue weighted by atomic mass is 35.5. The molecule has 0 spiro atoms. The Morgan fingerprint density at radius 3 is 2.46 bits per heavy atom. The molecule has 0 radical (unpaired) electrons. The third-order valence-electron chi connectivity index (χ3n) is 3.70. The van der Waals surface area contributed by atoms with Crippen LogP contribution in [0.25, 0.3) is 0 Å². The van der Waals surface area contributed by atoms with Crippen molar-refractivity contribution in [3.8, 4) is 11.5 Å². The number of hydrazone groups is 1. The van der Waals surface area contributed by atoms with Crippen molar-refractivity contribution in [2.45, 2.75) is 6.61 Å². The molecule has 0 aromatic heterocycles. The summed E-state index contributed by atoms with van der Waals surface area (Å²) in [5, 5.41) is 4.47. The zero-order valence-electron chi connectivity index (χ0n) is 15.0. The Kier molecular flexibility index (Phi) is 7.04. The first-order valence-corrected chi connectivity index (χ1v) is 9.04. The van der Waals surface area contributed by atoms with Crippen molar-refractivity contribution >= 4 is 23.7 Å². The second-order valence-corrected chi connectivity index (χ2v) is 6.32. The summed E-state index contributed by atoms with van der Waals surface area (Å²) in [5.41, 5.74) is 4.36. The third kappa shape index (κ3) is 6.45. The van der Waals surface area contributed by atoms with Gasteiger partial charge < -0.3 is 9.47 Å². The summed E-state index contributed by atoms with van der Waals surface area (Å²) < 4.78 is 11.1. The van der Waals surface area contributed by atoms with E-state index in [9.17, 15) is 4.79 Å². The van der Waals surface area contributed by atoms with E-state index in [2.05, 4.69) is 10.5 Å². The second kappa shape index (κ2) is 10.1. The summed E-state index contributed by atoms with van der Waals surface area (Å²) in [4.78, 5) is 11.8. The first-order valence-electron chi connectivity index (χ1n) is 8.66. The quantitative estimate of drug-likeness (QED) is 0.453. The van der Waals surface area contributed by atoms with Crippen molar-refractivity contribution in [2.75, 3.05) is 6.61 Å². The van der Waals surface area contributed by atoms with Crippen LogP contribution < -0.4 is 14.9 Å². The minimum Gasteiger partial charge on any atom is -0.489 e. The van der Waals surface area contributed by atoms with Crippen LogP contribution in [0.4, 0.5) is 0 Å². The van der Waals surface area contributed by atoms with E-state index in [1.54, 1.807) is 30.5 Å². The van der Waals surface area contributed by atoms with Crippen molar-refractivity contribution in [3.05, 3.63) is 95.0 Å². The van der Waals surface area contributed by atoms with Crippen LogP contribution in [0.15, 0.2) is 84.0 Å². The van der Waals surface area contributed by atoms with Gasteiger partial charge in [-0.05, 0) is 53.6 Å². The van der Waals surface area contributed by atoms with Crippen molar-refractivity contribution in [1.29, 1.82) is 0 Å². The molecule has 142 valence electrons. The Bertz CT molecular complexity index is 928. The van der Waals surface area contributed by atoms with Crippen molar-refractivity contribution in [2.24, 2.45) is 5.10 Å². The van der Waals surface area contributed by atoms with E-state index in [0.29, 0.717) is 17.4 Å². The fourth-order valence-corrected chi connectivity index (χ4v) is 2.49. The van der Waals surface area contributed by atoms with E-state index in [1.807, 2.05) is 54.6 Å². The Morgan fingerprint density at radius 1 is 0.929 bits per heavy atom. The Morgan fingerprint density at radius 2 is 1.71 bits per heavy atom. The molecule has 0 aliphatic rings. The Hall–Kier alpha value is -3.31. The largest absolute Gasteiger partial charge is 0.489 e. The number of ether oxygens (including phenoxy) is 2. The molecule has 0 unspecified atom stereocenters. The average Bonchev–Trinajstić information content (AvgIpc) is 2.72. The normalized spacial score (nSPS) is 10.6. The number of rotatable bonds is 8. The van der Waals surface area contributed by atoms with Crippen LogP contribution in [-0.2, 0) is 11.4 Å². The lowest BCUT2D eigenvalue weighted by atomic mass is 10.2. The van der Waals surface area contributed by atoms with Crippen LogP contribution in [0.2, 0.25) is 5.02 Å². The van der Waals surface area contributed by atoms with Gasteiger partial charge in [0.05, 0.1) is 6.21 Å². The number of nitrogens with zero attached hydrogens (tertiary/aromatic N) is 1. The predicted molar refractivity (Wildman–Crippen MR) is 110 cm³/mol. The molecule has 3 aromatic carbocycles. The molecule has 0 atom stereocenters. The maximum atomic E-state index is 11.8. The lowest BCUT2D eigenvalue weighted by Gasteiger charge is -2.06. The monoisotopic (exact) mass is 394 g/mol. The molecule has 1 amide bonds. The molecule has 0 saturated carbocycles. The molecule has 1 N–H and O–H groups in total. The molecule has 0 fully saturated rings. The third-order valence-corrected chi connectivity index (χ3v) is 3.93. The summed E-state index contributed by atoms with van der Waals surface area (Å²) >= 11 is 5.86. The molecule has 0 heterocycles. The lowest BCUT2D eigenvalue weighted by molar-refractivity contribution is -0.123. The van der Waals surface area contributed by atoms with E-state index in [1.165, 1.54) is 0 Å². The Labute approximate surface area is 168 Å². The van der Waals surface area contributed by atoms with Crippen molar-refractivity contribution < 1.29 is 14.3 Å². The zero-order valence-corrected chi connectivity index (χ0v) is 15.8. The van der Waals surface area contributed by atoms with Crippen LogP contribution in [0.5, 0.6) is 11.5 Å². The number of carbonyl (C=O) groups is 1. The van der Waals surface area contributed by atoms with Crippen LogP contribution in [0.1, 0.15) is 11.1 Å². The molecular formula is C22H19ClN2O3. The van der Waals surface area contributed by atoms with E-state index < -0.39 is 0 Å². The standard InChI is InChI=1S/C22H19ClN2O3/c23-19-7-4-8-21(13-19)28-16-22(26)25-24-14-17-9-11-20(12-10-17)27-15-18-5-2-1-3-6-18/h1-14H,15-16H2,(H,25,26)/b24-14-. The molecule has 0 aliphatic carbocycles. The first-order chi connectivity index (χ1) is 13.7. The molecule has 0 saturated heterocycles. The summed E-state index contributed by atoms with van der Waals surface area (Å²) in [6.07, 6.45) is 1.55. The van der Waals surface area contributed by atoms with Crippen molar-refractivity contribution in [3.63, 3.8) is 0 Å². The number of nitrogens with one attached hydrogen (secondary N) is 1. The topological polar surface area (TPSA) is 59.9 Å². The molecule has 0 aliphatic heterocycles. The summed E-state index contributed by atoms with van der Waals surface area (Å²) in [7, 11) is 0. The maximum Gasteiger partial charge on any atom is 0.277 e. The number of benzene rings is 3. The minimum atomic E-state index is -0.362. The highest BCUT2D eigenvalue weighted by Gasteiger charge is 2.02. The van der Waals surface area contributed by atoms with Crippen LogP contribution in [0.3, 0.4) is 0 Å². The van der Waals surface area contributed by atoms with Gasteiger partial charge in [-0.3, -0.25) is 4.79 Å². The summed E-state index contributed by atoms with van der Waals surface area (Å²) in [6, 6.07) is 24.2. The van der Waals surface area contributed by atoms with Crippen LogP contribution in [-0.4, -0.2) is 18.7 Å². The van der Waals surface area contributed by atoms with Gasteiger partial charge in [0.15, 0.2) is 6.61 Å². The van der Waals surface area contributed by atoms with Gasteiger partial charge in [0.25, 0.3) is 5.91 Å². The Balaban J connectivity index is 1.42. The highest BCUT2D eigenvalue weighted by molar-refractivity contribution is 6.30. The smallest absolute Gasteiger partial charge is 0.277 e. The average molecular weight is 395 g/mol. The maximum absolute atomic E-state index is 11.8. The summed E-state index contributed by atoms with van der Waals surface area (Å²) in [5.74, 6) is 0.928. The van der Waals surface area contributed by atoms with Crippen molar-refractivity contribution in [1.82, 2.24) is 5.43 Å². The fraction of sp³-hybridized carbons (Fsp3) is 0.0909. The van der Waals surface area contributed by atoms with Gasteiger partial charge in [-0.1, -0.05) is 48.0 Å². The SMILES string of the molecule is O=C(COc1cccc(Cl)c1)N/N=C\c1ccc(OCc2ccccc2)cc1. The number of halogens is 1. The van der Waals surface area contributed by atoms with Gasteiger partial charge in [0, 0.05) is 5.02 Å². The lowest BCUT2D eigenvalue weighted by Crippen LogP contribution is -2.24. The molecule has 28 heavy (non-hydrogen) atoms. The van der Waals surface area contributed by atoms with E-state index >= 15 is 0 Å². The first kappa shape index (κ1) is 19.5. The molecule has 3 aromatic rings.